The molecule has 1 aliphatic heterocycles. The van der Waals surface area contributed by atoms with Crippen molar-refractivity contribution in [3.05, 3.63) is 24.3 Å². The van der Waals surface area contributed by atoms with E-state index in [1.54, 1.807) is 7.11 Å². The fourth-order valence-corrected chi connectivity index (χ4v) is 2.64. The van der Waals surface area contributed by atoms with Crippen LogP contribution in [0.15, 0.2) is 24.3 Å². The lowest BCUT2D eigenvalue weighted by molar-refractivity contribution is 0.212. The van der Waals surface area contributed by atoms with E-state index < -0.39 is 0 Å². The molecule has 1 heterocycles. The molecule has 0 spiro atoms. The van der Waals surface area contributed by atoms with Crippen LogP contribution in [0.4, 0.5) is 5.69 Å². The van der Waals surface area contributed by atoms with Gasteiger partial charge in [-0.2, -0.15) is 0 Å². The van der Waals surface area contributed by atoms with E-state index in [0.717, 1.165) is 24.4 Å². The molecule has 0 radical (unpaired) electrons. The molecule has 2 N–H and O–H groups in total. The van der Waals surface area contributed by atoms with E-state index in [9.17, 15) is 5.11 Å². The second kappa shape index (κ2) is 5.16. The van der Waals surface area contributed by atoms with Crippen LogP contribution in [0.2, 0.25) is 0 Å². The highest BCUT2D eigenvalue weighted by Crippen LogP contribution is 2.29. The van der Waals surface area contributed by atoms with Crippen molar-refractivity contribution in [3.8, 4) is 5.75 Å². The smallest absolute Gasteiger partial charge is 0.119 e. The third kappa shape index (κ3) is 2.60. The van der Waals surface area contributed by atoms with E-state index in [1.807, 2.05) is 24.3 Å². The van der Waals surface area contributed by atoms with Gasteiger partial charge < -0.3 is 20.1 Å². The number of methoxy groups -OCH3 is 1. The average molecular weight is 250 g/mol. The van der Waals surface area contributed by atoms with Crippen LogP contribution in [-0.4, -0.2) is 48.9 Å². The van der Waals surface area contributed by atoms with Crippen LogP contribution in [0.25, 0.3) is 0 Å². The summed E-state index contributed by atoms with van der Waals surface area (Å²) in [6.45, 7) is 3.19. The van der Waals surface area contributed by atoms with Crippen molar-refractivity contribution in [1.82, 2.24) is 4.90 Å². The molecule has 0 saturated carbocycles. The number of rotatable bonds is 4. The van der Waals surface area contributed by atoms with Gasteiger partial charge in [-0.15, -0.1) is 0 Å². The Morgan fingerprint density at radius 3 is 2.56 bits per heavy atom. The van der Waals surface area contributed by atoms with Gasteiger partial charge in [0.1, 0.15) is 5.75 Å². The minimum Gasteiger partial charge on any atom is -0.497 e. The van der Waals surface area contributed by atoms with E-state index in [1.165, 1.54) is 0 Å². The molecule has 1 aromatic rings. The average Bonchev–Trinajstić information content (AvgIpc) is 2.66. The monoisotopic (exact) mass is 250 g/mol. The van der Waals surface area contributed by atoms with E-state index in [4.69, 9.17) is 4.74 Å². The first-order valence-corrected chi connectivity index (χ1v) is 6.32. The number of ether oxygens (including phenoxy) is 1. The summed E-state index contributed by atoms with van der Waals surface area (Å²) < 4.78 is 5.14. The second-order valence-corrected chi connectivity index (χ2v) is 5.26. The maximum absolute atomic E-state index is 9.70. The Labute approximate surface area is 109 Å². The zero-order chi connectivity index (χ0) is 13.2. The van der Waals surface area contributed by atoms with Crippen LogP contribution in [0, 0.1) is 0 Å². The number of nitrogens with zero attached hydrogens (tertiary/aromatic N) is 1. The van der Waals surface area contributed by atoms with Gasteiger partial charge in [0.2, 0.25) is 0 Å². The van der Waals surface area contributed by atoms with E-state index in [0.29, 0.717) is 6.04 Å². The summed E-state index contributed by atoms with van der Waals surface area (Å²) in [7, 11) is 3.75. The highest BCUT2D eigenvalue weighted by molar-refractivity contribution is 5.49. The van der Waals surface area contributed by atoms with E-state index in [-0.39, 0.29) is 12.1 Å². The Hall–Kier alpha value is -1.26. The molecule has 100 valence electrons. The normalized spacial score (nSPS) is 28.3. The number of benzene rings is 1. The maximum atomic E-state index is 9.70. The number of hydrogen-bond donors (Lipinski definition) is 2. The lowest BCUT2D eigenvalue weighted by Crippen LogP contribution is -2.44. The highest BCUT2D eigenvalue weighted by Gasteiger charge is 2.40. The predicted octanol–water partition coefficient (Wildman–Crippen LogP) is 1.56. The van der Waals surface area contributed by atoms with Gasteiger partial charge in [0.25, 0.3) is 0 Å². The molecule has 0 aliphatic carbocycles. The summed E-state index contributed by atoms with van der Waals surface area (Å²) in [4.78, 5) is 2.27. The lowest BCUT2D eigenvalue weighted by Gasteiger charge is -2.29. The van der Waals surface area contributed by atoms with Crippen molar-refractivity contribution >= 4 is 5.69 Å². The summed E-state index contributed by atoms with van der Waals surface area (Å²) in [5.74, 6) is 0.843. The van der Waals surface area contributed by atoms with Gasteiger partial charge in [-0.05, 0) is 44.7 Å². The lowest BCUT2D eigenvalue weighted by atomic mass is 9.97. The summed E-state index contributed by atoms with van der Waals surface area (Å²) >= 11 is 0. The third-order valence-electron chi connectivity index (χ3n) is 3.79. The Bertz CT molecular complexity index is 381. The number of hydrogen-bond acceptors (Lipinski definition) is 4. The van der Waals surface area contributed by atoms with Crippen LogP contribution >= 0.6 is 0 Å². The van der Waals surface area contributed by atoms with Crippen LogP contribution in [0.3, 0.4) is 0 Å². The fraction of sp³-hybridized carbons (Fsp3) is 0.571. The van der Waals surface area contributed by atoms with E-state index in [2.05, 4.69) is 24.2 Å². The molecule has 1 aliphatic rings. The molecule has 0 bridgehead atoms. The van der Waals surface area contributed by atoms with Crippen LogP contribution < -0.4 is 10.1 Å². The van der Waals surface area contributed by atoms with Crippen molar-refractivity contribution < 1.29 is 9.84 Å². The molecule has 2 atom stereocenters. The summed E-state index contributed by atoms with van der Waals surface area (Å²) in [5.41, 5.74) is 0.787. The minimum absolute atomic E-state index is 0.147. The van der Waals surface area contributed by atoms with Crippen LogP contribution in [0.5, 0.6) is 5.75 Å². The molecule has 18 heavy (non-hydrogen) atoms. The number of anilines is 1. The first kappa shape index (κ1) is 13.2. The third-order valence-corrected chi connectivity index (χ3v) is 3.79. The van der Waals surface area contributed by atoms with Crippen LogP contribution in [-0.2, 0) is 0 Å². The molecular formula is C14H22N2O2. The second-order valence-electron chi connectivity index (χ2n) is 5.26. The Kier molecular flexibility index (Phi) is 3.78. The summed E-state index contributed by atoms with van der Waals surface area (Å²) in [5, 5.41) is 13.2. The van der Waals surface area contributed by atoms with E-state index >= 15 is 0 Å². The standard InChI is InChI=1S/C14H22N2O2/c1-11-8-14(10-17,9-16(11)2)15-12-4-6-13(18-3)7-5-12/h4-7,11,15,17H,8-10H2,1-3H3. The molecule has 4 nitrogen and oxygen atoms in total. The number of nitrogens with one attached hydrogen (secondary N) is 1. The SMILES string of the molecule is COc1ccc(NC2(CO)CC(C)N(C)C2)cc1. The first-order valence-electron chi connectivity index (χ1n) is 6.32. The van der Waals surface area contributed by atoms with Gasteiger partial charge in [-0.1, -0.05) is 0 Å². The predicted molar refractivity (Wildman–Crippen MR) is 73.1 cm³/mol. The molecular weight excluding hydrogens is 228 g/mol. The molecule has 1 saturated heterocycles. The number of aliphatic hydroxyl groups is 1. The topological polar surface area (TPSA) is 44.7 Å². The van der Waals surface area contributed by atoms with Gasteiger partial charge in [0.05, 0.1) is 19.3 Å². The Balaban J connectivity index is 2.10. The zero-order valence-electron chi connectivity index (χ0n) is 11.3. The molecule has 2 unspecified atom stereocenters. The van der Waals surface area contributed by atoms with Gasteiger partial charge in [-0.3, -0.25) is 0 Å². The zero-order valence-corrected chi connectivity index (χ0v) is 11.3. The molecule has 0 aromatic heterocycles. The summed E-state index contributed by atoms with van der Waals surface area (Å²) in [6, 6.07) is 8.31. The number of aliphatic hydroxyl groups excluding tert-OH is 1. The quantitative estimate of drug-likeness (QED) is 0.851. The van der Waals surface area contributed by atoms with Crippen molar-refractivity contribution in [3.63, 3.8) is 0 Å². The minimum atomic E-state index is -0.233. The maximum Gasteiger partial charge on any atom is 0.119 e. The molecule has 2 rings (SSSR count). The largest absolute Gasteiger partial charge is 0.497 e. The van der Waals surface area contributed by atoms with Crippen LogP contribution in [0.1, 0.15) is 13.3 Å². The molecule has 1 fully saturated rings. The molecule has 4 heteroatoms. The summed E-state index contributed by atoms with van der Waals surface area (Å²) in [6.07, 6.45) is 0.950. The number of likely N-dealkylation sites (N-methyl/N-ethyl adjacent to an activating group) is 1. The van der Waals surface area contributed by atoms with Gasteiger partial charge >= 0.3 is 0 Å². The van der Waals surface area contributed by atoms with Crippen molar-refractivity contribution in [2.45, 2.75) is 24.9 Å². The fourth-order valence-electron chi connectivity index (χ4n) is 2.64. The number of likely N-dealkylation sites (tertiary alicyclic amines) is 1. The molecule has 1 aromatic carbocycles. The van der Waals surface area contributed by atoms with Gasteiger partial charge in [0.15, 0.2) is 0 Å². The highest BCUT2D eigenvalue weighted by atomic mass is 16.5. The Morgan fingerprint density at radius 2 is 2.11 bits per heavy atom. The Morgan fingerprint density at radius 1 is 1.44 bits per heavy atom. The van der Waals surface area contributed by atoms with Gasteiger partial charge in [-0.25, -0.2) is 0 Å². The van der Waals surface area contributed by atoms with Crippen molar-refractivity contribution in [2.75, 3.05) is 32.6 Å². The first-order chi connectivity index (χ1) is 8.58. The van der Waals surface area contributed by atoms with Gasteiger partial charge in [0, 0.05) is 18.3 Å². The molecule has 0 amide bonds. The van der Waals surface area contributed by atoms with Crippen molar-refractivity contribution in [1.29, 1.82) is 0 Å². The van der Waals surface area contributed by atoms with Crippen molar-refractivity contribution in [2.24, 2.45) is 0 Å².